The molecular formula is C16H21F3N2O3. The number of aryl methyl sites for hydroxylation is 1. The molecule has 2 N–H and O–H groups in total. The maximum atomic E-state index is 13.1. The van der Waals surface area contributed by atoms with Crippen molar-refractivity contribution in [2.45, 2.75) is 39.1 Å². The zero-order chi connectivity index (χ0) is 18.0. The maximum absolute atomic E-state index is 13.1. The molecule has 1 aromatic carbocycles. The number of fused-ring (bicyclic) bond motifs is 1. The maximum Gasteiger partial charge on any atom is 0.420 e. The van der Waals surface area contributed by atoms with Crippen LogP contribution in [0.4, 0.5) is 13.2 Å². The molecule has 0 spiro atoms. The molecule has 1 aliphatic rings. The van der Waals surface area contributed by atoms with E-state index >= 15 is 0 Å². The van der Waals surface area contributed by atoms with Gasteiger partial charge in [-0.2, -0.15) is 13.2 Å². The lowest BCUT2D eigenvalue weighted by Crippen LogP contribution is -2.56. The zero-order valence-corrected chi connectivity index (χ0v) is 13.8. The van der Waals surface area contributed by atoms with Gasteiger partial charge in [0, 0.05) is 20.0 Å². The van der Waals surface area contributed by atoms with E-state index in [1.54, 1.807) is 6.07 Å². The van der Waals surface area contributed by atoms with E-state index in [0.717, 1.165) is 6.07 Å². The van der Waals surface area contributed by atoms with Crippen molar-refractivity contribution in [3.8, 4) is 0 Å². The summed E-state index contributed by atoms with van der Waals surface area (Å²) in [5.41, 5.74) is -1.42. The molecule has 0 radical (unpaired) electrons. The first kappa shape index (κ1) is 18.7. The Kier molecular flexibility index (Phi) is 5.52. The Morgan fingerprint density at radius 3 is 2.50 bits per heavy atom. The molecule has 0 saturated carbocycles. The SMILES string of the molecule is CC.Cc1nc2cc(CNCC3(O)COC3)cc(C(F)(F)F)c2o1. The van der Waals surface area contributed by atoms with Gasteiger partial charge in [-0.05, 0) is 17.7 Å². The van der Waals surface area contributed by atoms with Crippen LogP contribution in [0.5, 0.6) is 0 Å². The fourth-order valence-electron chi connectivity index (χ4n) is 2.39. The number of nitrogens with one attached hydrogen (secondary N) is 1. The number of hydrogen-bond donors (Lipinski definition) is 2. The van der Waals surface area contributed by atoms with Crippen LogP contribution in [0.3, 0.4) is 0 Å². The van der Waals surface area contributed by atoms with Gasteiger partial charge >= 0.3 is 6.18 Å². The first-order chi connectivity index (χ1) is 11.3. The third-order valence-electron chi connectivity index (χ3n) is 3.49. The van der Waals surface area contributed by atoms with Crippen LogP contribution in [0, 0.1) is 6.92 Å². The van der Waals surface area contributed by atoms with Crippen LogP contribution in [-0.4, -0.2) is 35.5 Å². The molecule has 134 valence electrons. The summed E-state index contributed by atoms with van der Waals surface area (Å²) >= 11 is 0. The van der Waals surface area contributed by atoms with E-state index in [1.807, 2.05) is 13.8 Å². The normalized spacial score (nSPS) is 16.5. The lowest BCUT2D eigenvalue weighted by Gasteiger charge is -2.36. The van der Waals surface area contributed by atoms with E-state index in [1.165, 1.54) is 6.92 Å². The molecule has 2 aromatic rings. The molecule has 1 aromatic heterocycles. The molecule has 1 saturated heterocycles. The number of hydrogen-bond acceptors (Lipinski definition) is 5. The highest BCUT2D eigenvalue weighted by Crippen LogP contribution is 2.36. The zero-order valence-electron chi connectivity index (χ0n) is 13.8. The summed E-state index contributed by atoms with van der Waals surface area (Å²) < 4.78 is 49.3. The molecule has 1 fully saturated rings. The van der Waals surface area contributed by atoms with Crippen LogP contribution in [0.2, 0.25) is 0 Å². The lowest BCUT2D eigenvalue weighted by atomic mass is 10.0. The number of nitrogens with zero attached hydrogens (tertiary/aromatic N) is 1. The van der Waals surface area contributed by atoms with Crippen molar-refractivity contribution in [3.63, 3.8) is 0 Å². The van der Waals surface area contributed by atoms with E-state index < -0.39 is 17.3 Å². The Bertz CT molecular complexity index is 694. The average Bonchev–Trinajstić information content (AvgIpc) is 2.85. The van der Waals surface area contributed by atoms with Gasteiger partial charge in [0.2, 0.25) is 0 Å². The van der Waals surface area contributed by atoms with Gasteiger partial charge in [0.25, 0.3) is 0 Å². The Labute approximate surface area is 137 Å². The molecule has 0 atom stereocenters. The summed E-state index contributed by atoms with van der Waals surface area (Å²) in [4.78, 5) is 3.97. The van der Waals surface area contributed by atoms with Crippen LogP contribution >= 0.6 is 0 Å². The monoisotopic (exact) mass is 346 g/mol. The molecule has 24 heavy (non-hydrogen) atoms. The van der Waals surface area contributed by atoms with Crippen molar-refractivity contribution >= 4 is 11.1 Å². The van der Waals surface area contributed by atoms with Crippen LogP contribution in [0.15, 0.2) is 16.5 Å². The summed E-state index contributed by atoms with van der Waals surface area (Å²) in [5, 5.41) is 12.8. The summed E-state index contributed by atoms with van der Waals surface area (Å²) in [6.07, 6.45) is -4.51. The molecule has 1 aliphatic heterocycles. The predicted molar refractivity (Wildman–Crippen MR) is 82.6 cm³/mol. The molecule has 2 heterocycles. The highest BCUT2D eigenvalue weighted by Gasteiger charge is 2.36. The van der Waals surface area contributed by atoms with Gasteiger partial charge < -0.3 is 19.6 Å². The van der Waals surface area contributed by atoms with Gasteiger partial charge in [0.1, 0.15) is 16.7 Å². The third kappa shape index (κ3) is 4.06. The number of oxazole rings is 1. The second kappa shape index (κ2) is 7.08. The molecule has 3 rings (SSSR count). The largest absolute Gasteiger partial charge is 0.440 e. The molecule has 5 nitrogen and oxygen atoms in total. The Morgan fingerprint density at radius 1 is 1.29 bits per heavy atom. The summed E-state index contributed by atoms with van der Waals surface area (Å²) in [6.45, 7) is 6.41. The second-order valence-corrected chi connectivity index (χ2v) is 5.54. The van der Waals surface area contributed by atoms with Crippen molar-refractivity contribution in [2.24, 2.45) is 0 Å². The van der Waals surface area contributed by atoms with Gasteiger partial charge in [0.15, 0.2) is 11.5 Å². The van der Waals surface area contributed by atoms with Crippen LogP contribution in [0.1, 0.15) is 30.9 Å². The van der Waals surface area contributed by atoms with Crippen molar-refractivity contribution in [1.29, 1.82) is 0 Å². The molecule has 0 aliphatic carbocycles. The van der Waals surface area contributed by atoms with E-state index in [4.69, 9.17) is 9.15 Å². The van der Waals surface area contributed by atoms with E-state index in [0.29, 0.717) is 5.56 Å². The molecular weight excluding hydrogens is 325 g/mol. The third-order valence-corrected chi connectivity index (χ3v) is 3.49. The van der Waals surface area contributed by atoms with E-state index in [2.05, 4.69) is 10.3 Å². The lowest BCUT2D eigenvalue weighted by molar-refractivity contribution is -0.174. The number of aromatic nitrogens is 1. The van der Waals surface area contributed by atoms with Crippen molar-refractivity contribution < 1.29 is 27.4 Å². The first-order valence-corrected chi connectivity index (χ1v) is 7.75. The standard InChI is InChI=1S/C14H15F3N2O3.C2H6/c1-8-19-11-3-9(4-18-5-13(20)6-21-7-13)2-10(12(11)22-8)14(15,16)17;1-2/h2-3,18,20H,4-7H2,1H3;1-2H3. The minimum atomic E-state index is -4.51. The first-order valence-electron chi connectivity index (χ1n) is 7.75. The minimum absolute atomic E-state index is 0.176. The molecule has 0 bridgehead atoms. The Hall–Kier alpha value is -1.64. The number of rotatable bonds is 4. The van der Waals surface area contributed by atoms with Gasteiger partial charge in [-0.1, -0.05) is 13.8 Å². The topological polar surface area (TPSA) is 67.5 Å². The number of alkyl halides is 3. The summed E-state index contributed by atoms with van der Waals surface area (Å²) in [6, 6.07) is 2.59. The van der Waals surface area contributed by atoms with Crippen LogP contribution in [-0.2, 0) is 17.5 Å². The van der Waals surface area contributed by atoms with Crippen molar-refractivity contribution in [1.82, 2.24) is 10.3 Å². The highest BCUT2D eigenvalue weighted by atomic mass is 19.4. The Morgan fingerprint density at radius 2 is 1.96 bits per heavy atom. The highest BCUT2D eigenvalue weighted by molar-refractivity contribution is 5.78. The average molecular weight is 346 g/mol. The fraction of sp³-hybridized carbons (Fsp3) is 0.562. The van der Waals surface area contributed by atoms with Crippen LogP contribution < -0.4 is 5.32 Å². The smallest absolute Gasteiger partial charge is 0.420 e. The van der Waals surface area contributed by atoms with Gasteiger partial charge in [0.05, 0.1) is 13.2 Å². The molecule has 8 heteroatoms. The molecule has 0 amide bonds. The number of aliphatic hydroxyl groups is 1. The Balaban J connectivity index is 0.00000100. The van der Waals surface area contributed by atoms with Crippen LogP contribution in [0.25, 0.3) is 11.1 Å². The van der Waals surface area contributed by atoms with Gasteiger partial charge in [-0.15, -0.1) is 0 Å². The number of ether oxygens (including phenoxy) is 1. The van der Waals surface area contributed by atoms with E-state index in [9.17, 15) is 18.3 Å². The van der Waals surface area contributed by atoms with Crippen molar-refractivity contribution in [2.75, 3.05) is 19.8 Å². The van der Waals surface area contributed by atoms with E-state index in [-0.39, 0.29) is 43.3 Å². The fourth-order valence-corrected chi connectivity index (χ4v) is 2.39. The quantitative estimate of drug-likeness (QED) is 0.891. The van der Waals surface area contributed by atoms with Gasteiger partial charge in [-0.25, -0.2) is 4.98 Å². The van der Waals surface area contributed by atoms with Gasteiger partial charge in [-0.3, -0.25) is 0 Å². The number of halogens is 3. The minimum Gasteiger partial charge on any atom is -0.440 e. The predicted octanol–water partition coefficient (Wildman–Crippen LogP) is 3.03. The summed E-state index contributed by atoms with van der Waals surface area (Å²) in [7, 11) is 0. The second-order valence-electron chi connectivity index (χ2n) is 5.54. The molecule has 0 unspecified atom stereocenters. The van der Waals surface area contributed by atoms with Crippen molar-refractivity contribution in [3.05, 3.63) is 29.2 Å². The number of benzene rings is 1. The summed E-state index contributed by atoms with van der Waals surface area (Å²) in [5.74, 6) is 0.187.